The minimum atomic E-state index is 1.02. The highest BCUT2D eigenvalue weighted by atomic mass is 15.1. The summed E-state index contributed by atoms with van der Waals surface area (Å²) >= 11 is 0. The van der Waals surface area contributed by atoms with E-state index >= 15 is 0 Å². The van der Waals surface area contributed by atoms with Crippen LogP contribution in [0.3, 0.4) is 0 Å². The maximum absolute atomic E-state index is 2.45. The molecule has 0 aromatic heterocycles. The van der Waals surface area contributed by atoms with Crippen LogP contribution < -0.4 is 0 Å². The van der Waals surface area contributed by atoms with Gasteiger partial charge >= 0.3 is 0 Å². The standard InChI is InChI=1S/C21H21N/c1-2-3-13-22-14-12-20-18-10-5-4-8-16(18)17-9-6-7-11-19(17)21(20)15-22/h4-12,14H,2-3,13,15H2,1H3. The molecular formula is C21H21N. The van der Waals surface area contributed by atoms with E-state index in [4.69, 9.17) is 0 Å². The van der Waals surface area contributed by atoms with Gasteiger partial charge in [0.2, 0.25) is 0 Å². The first-order valence-corrected chi connectivity index (χ1v) is 8.23. The predicted molar refractivity (Wildman–Crippen MR) is 95.8 cm³/mol. The number of rotatable bonds is 3. The summed E-state index contributed by atoms with van der Waals surface area (Å²) in [5, 5.41) is 5.52. The van der Waals surface area contributed by atoms with Crippen molar-refractivity contribution in [2.45, 2.75) is 26.3 Å². The lowest BCUT2D eigenvalue weighted by atomic mass is 9.90. The van der Waals surface area contributed by atoms with Gasteiger partial charge < -0.3 is 4.90 Å². The fourth-order valence-corrected chi connectivity index (χ4v) is 3.55. The fourth-order valence-electron chi connectivity index (χ4n) is 3.55. The van der Waals surface area contributed by atoms with Crippen LogP contribution in [0.5, 0.6) is 0 Å². The molecule has 3 aromatic rings. The zero-order valence-electron chi connectivity index (χ0n) is 13.0. The number of unbranched alkanes of at least 4 members (excludes halogenated alkanes) is 1. The van der Waals surface area contributed by atoms with Gasteiger partial charge in [-0.25, -0.2) is 0 Å². The Morgan fingerprint density at radius 2 is 1.50 bits per heavy atom. The van der Waals surface area contributed by atoms with Crippen molar-refractivity contribution < 1.29 is 0 Å². The molecule has 4 rings (SSSR count). The molecule has 0 atom stereocenters. The third-order valence-corrected chi connectivity index (χ3v) is 4.70. The fraction of sp³-hybridized carbons (Fsp3) is 0.238. The van der Waals surface area contributed by atoms with E-state index in [1.165, 1.54) is 45.5 Å². The highest BCUT2D eigenvalue weighted by Gasteiger charge is 2.17. The van der Waals surface area contributed by atoms with Crippen molar-refractivity contribution in [3.63, 3.8) is 0 Å². The topological polar surface area (TPSA) is 3.24 Å². The zero-order valence-corrected chi connectivity index (χ0v) is 13.0. The molecule has 0 saturated carbocycles. The lowest BCUT2D eigenvalue weighted by Crippen LogP contribution is -2.21. The number of hydrogen-bond acceptors (Lipinski definition) is 1. The van der Waals surface area contributed by atoms with Crippen LogP contribution >= 0.6 is 0 Å². The Kier molecular flexibility index (Phi) is 3.34. The van der Waals surface area contributed by atoms with Crippen molar-refractivity contribution in [3.05, 3.63) is 65.9 Å². The van der Waals surface area contributed by atoms with Gasteiger partial charge in [-0.1, -0.05) is 61.9 Å². The average Bonchev–Trinajstić information content (AvgIpc) is 2.60. The Bertz CT molecular complexity index is 860. The minimum Gasteiger partial charge on any atom is -0.373 e. The van der Waals surface area contributed by atoms with Crippen LogP contribution in [-0.4, -0.2) is 11.4 Å². The minimum absolute atomic E-state index is 1.02. The van der Waals surface area contributed by atoms with Crippen LogP contribution in [0, 0.1) is 0 Å². The summed E-state index contributed by atoms with van der Waals surface area (Å²) in [6.45, 7) is 4.43. The summed E-state index contributed by atoms with van der Waals surface area (Å²) in [5.74, 6) is 0. The maximum Gasteiger partial charge on any atom is 0.0436 e. The number of hydrogen-bond donors (Lipinski definition) is 0. The molecule has 0 amide bonds. The van der Waals surface area contributed by atoms with E-state index in [1.807, 2.05) is 0 Å². The Morgan fingerprint density at radius 3 is 2.23 bits per heavy atom. The molecule has 1 heteroatoms. The van der Waals surface area contributed by atoms with Gasteiger partial charge in [0.15, 0.2) is 0 Å². The summed E-state index contributed by atoms with van der Waals surface area (Å²) in [4.78, 5) is 2.45. The number of fused-ring (bicyclic) bond motifs is 6. The van der Waals surface area contributed by atoms with Gasteiger partial charge in [-0.3, -0.25) is 0 Å². The van der Waals surface area contributed by atoms with E-state index in [0.717, 1.165) is 13.1 Å². The van der Waals surface area contributed by atoms with E-state index in [2.05, 4.69) is 72.6 Å². The molecule has 0 aliphatic carbocycles. The molecule has 0 radical (unpaired) electrons. The third-order valence-electron chi connectivity index (χ3n) is 4.70. The van der Waals surface area contributed by atoms with Crippen LogP contribution in [-0.2, 0) is 6.54 Å². The Balaban J connectivity index is 1.96. The largest absolute Gasteiger partial charge is 0.373 e. The average molecular weight is 287 g/mol. The van der Waals surface area contributed by atoms with Gasteiger partial charge in [0.1, 0.15) is 0 Å². The van der Waals surface area contributed by atoms with Gasteiger partial charge in [0, 0.05) is 13.1 Å². The van der Waals surface area contributed by atoms with Gasteiger partial charge in [0.05, 0.1) is 0 Å². The molecule has 0 saturated heterocycles. The molecule has 3 aromatic carbocycles. The summed E-state index contributed by atoms with van der Waals surface area (Å²) in [6.07, 6.45) is 7.09. The van der Waals surface area contributed by atoms with E-state index in [1.54, 1.807) is 0 Å². The van der Waals surface area contributed by atoms with E-state index < -0.39 is 0 Å². The van der Waals surface area contributed by atoms with Crippen molar-refractivity contribution in [2.24, 2.45) is 0 Å². The van der Waals surface area contributed by atoms with Gasteiger partial charge in [-0.2, -0.15) is 0 Å². The highest BCUT2D eigenvalue weighted by molar-refractivity contribution is 6.12. The smallest absolute Gasteiger partial charge is 0.0436 e. The summed E-state index contributed by atoms with van der Waals surface area (Å²) < 4.78 is 0. The first-order chi connectivity index (χ1) is 10.9. The quantitative estimate of drug-likeness (QED) is 0.568. The van der Waals surface area contributed by atoms with Crippen LogP contribution in [0.4, 0.5) is 0 Å². The number of benzene rings is 3. The zero-order chi connectivity index (χ0) is 14.9. The second-order valence-electron chi connectivity index (χ2n) is 6.12. The summed E-state index contributed by atoms with van der Waals surface area (Å²) in [6, 6.07) is 17.6. The molecule has 1 aliphatic heterocycles. The van der Waals surface area contributed by atoms with E-state index in [-0.39, 0.29) is 0 Å². The van der Waals surface area contributed by atoms with Crippen LogP contribution in [0.1, 0.15) is 30.9 Å². The lowest BCUT2D eigenvalue weighted by molar-refractivity contribution is 0.360. The summed E-state index contributed by atoms with van der Waals surface area (Å²) in [7, 11) is 0. The lowest BCUT2D eigenvalue weighted by Gasteiger charge is -2.27. The van der Waals surface area contributed by atoms with Gasteiger partial charge in [0.25, 0.3) is 0 Å². The molecule has 1 nitrogen and oxygen atoms in total. The highest BCUT2D eigenvalue weighted by Crippen LogP contribution is 2.36. The second kappa shape index (κ2) is 5.49. The molecule has 1 aliphatic rings. The van der Waals surface area contributed by atoms with E-state index in [9.17, 15) is 0 Å². The molecule has 110 valence electrons. The van der Waals surface area contributed by atoms with Crippen molar-refractivity contribution in [3.8, 4) is 0 Å². The third kappa shape index (κ3) is 2.09. The molecule has 1 heterocycles. The predicted octanol–water partition coefficient (Wildman–Crippen LogP) is 5.58. The van der Waals surface area contributed by atoms with Gasteiger partial charge in [-0.15, -0.1) is 0 Å². The molecule has 22 heavy (non-hydrogen) atoms. The Labute approximate surface area is 131 Å². The molecular weight excluding hydrogens is 266 g/mol. The Hall–Kier alpha value is -2.28. The molecule has 0 bridgehead atoms. The van der Waals surface area contributed by atoms with E-state index in [0.29, 0.717) is 0 Å². The van der Waals surface area contributed by atoms with Crippen molar-refractivity contribution >= 4 is 27.6 Å². The Morgan fingerprint density at radius 1 is 0.864 bits per heavy atom. The first kappa shape index (κ1) is 13.4. The SMILES string of the molecule is CCCCN1C=Cc2c(c3ccccc3c3ccccc23)C1. The summed E-state index contributed by atoms with van der Waals surface area (Å²) in [5.41, 5.74) is 2.88. The van der Waals surface area contributed by atoms with Crippen LogP contribution in [0.2, 0.25) is 0 Å². The molecule has 0 spiro atoms. The van der Waals surface area contributed by atoms with Crippen LogP contribution in [0.25, 0.3) is 27.6 Å². The van der Waals surface area contributed by atoms with Crippen molar-refractivity contribution in [2.75, 3.05) is 6.54 Å². The monoisotopic (exact) mass is 287 g/mol. The molecule has 0 fully saturated rings. The molecule has 0 N–H and O–H groups in total. The number of nitrogens with zero attached hydrogens (tertiary/aromatic N) is 1. The van der Waals surface area contributed by atoms with Gasteiger partial charge in [-0.05, 0) is 51.4 Å². The van der Waals surface area contributed by atoms with Crippen molar-refractivity contribution in [1.29, 1.82) is 0 Å². The molecule has 0 unspecified atom stereocenters. The first-order valence-electron chi connectivity index (χ1n) is 8.23. The maximum atomic E-state index is 2.45. The van der Waals surface area contributed by atoms with Crippen molar-refractivity contribution in [1.82, 2.24) is 4.90 Å². The second-order valence-corrected chi connectivity index (χ2v) is 6.12. The van der Waals surface area contributed by atoms with Crippen LogP contribution in [0.15, 0.2) is 54.7 Å². The normalized spacial score (nSPS) is 13.8.